The number of thiophene rings is 1. The predicted molar refractivity (Wildman–Crippen MR) is 70.8 cm³/mol. The Balaban J connectivity index is 1.73. The standard InChI is InChI=1S/C12H19NS2/c1-10(11-5-7-14-9-11)13-8-12-4-2-3-6-15-12/h5,7,9-10,12-13H,2-4,6,8H2,1H3. The predicted octanol–water partition coefficient (Wildman–Crippen LogP) is 3.68. The van der Waals surface area contributed by atoms with Gasteiger partial charge in [0.25, 0.3) is 0 Å². The number of hydrogen-bond acceptors (Lipinski definition) is 3. The molecule has 0 saturated carbocycles. The van der Waals surface area contributed by atoms with Gasteiger partial charge in [-0.25, -0.2) is 0 Å². The third kappa shape index (κ3) is 3.51. The molecule has 15 heavy (non-hydrogen) atoms. The molecular formula is C12H19NS2. The lowest BCUT2D eigenvalue weighted by Crippen LogP contribution is -2.28. The maximum absolute atomic E-state index is 3.64. The van der Waals surface area contributed by atoms with Crippen molar-refractivity contribution in [3.8, 4) is 0 Å². The molecule has 1 N–H and O–H groups in total. The van der Waals surface area contributed by atoms with Crippen LogP contribution in [0.1, 0.15) is 37.8 Å². The highest BCUT2D eigenvalue weighted by molar-refractivity contribution is 7.99. The van der Waals surface area contributed by atoms with Gasteiger partial charge in [0, 0.05) is 17.8 Å². The quantitative estimate of drug-likeness (QED) is 0.863. The topological polar surface area (TPSA) is 12.0 Å². The van der Waals surface area contributed by atoms with Crippen molar-refractivity contribution in [3.05, 3.63) is 22.4 Å². The molecule has 0 aromatic carbocycles. The van der Waals surface area contributed by atoms with E-state index in [9.17, 15) is 0 Å². The van der Waals surface area contributed by atoms with Crippen LogP contribution in [-0.2, 0) is 0 Å². The average molecular weight is 241 g/mol. The van der Waals surface area contributed by atoms with Crippen LogP contribution in [0.4, 0.5) is 0 Å². The largest absolute Gasteiger partial charge is 0.309 e. The summed E-state index contributed by atoms with van der Waals surface area (Å²) in [5.41, 5.74) is 1.43. The summed E-state index contributed by atoms with van der Waals surface area (Å²) in [7, 11) is 0. The molecule has 3 heteroatoms. The molecule has 0 radical (unpaired) electrons. The Kier molecular flexibility index (Phi) is 4.54. The molecule has 1 aromatic heterocycles. The fourth-order valence-electron chi connectivity index (χ4n) is 1.92. The summed E-state index contributed by atoms with van der Waals surface area (Å²) in [5.74, 6) is 1.36. The van der Waals surface area contributed by atoms with Gasteiger partial charge >= 0.3 is 0 Å². The fraction of sp³-hybridized carbons (Fsp3) is 0.667. The highest BCUT2D eigenvalue weighted by Crippen LogP contribution is 2.25. The number of rotatable bonds is 4. The van der Waals surface area contributed by atoms with Crippen molar-refractivity contribution in [2.24, 2.45) is 0 Å². The van der Waals surface area contributed by atoms with E-state index in [2.05, 4.69) is 40.8 Å². The second-order valence-corrected chi connectivity index (χ2v) is 6.36. The number of hydrogen-bond donors (Lipinski definition) is 1. The summed E-state index contributed by atoms with van der Waals surface area (Å²) in [6.07, 6.45) is 4.24. The van der Waals surface area contributed by atoms with Crippen molar-refractivity contribution < 1.29 is 0 Å². The van der Waals surface area contributed by atoms with Crippen molar-refractivity contribution in [1.29, 1.82) is 0 Å². The lowest BCUT2D eigenvalue weighted by atomic mass is 10.1. The first kappa shape index (κ1) is 11.5. The summed E-state index contributed by atoms with van der Waals surface area (Å²) in [6, 6.07) is 2.73. The van der Waals surface area contributed by atoms with E-state index in [1.165, 1.54) is 37.1 Å². The molecule has 0 spiro atoms. The van der Waals surface area contributed by atoms with Gasteiger partial charge in [-0.1, -0.05) is 6.42 Å². The first-order chi connectivity index (χ1) is 7.36. The van der Waals surface area contributed by atoms with Crippen molar-refractivity contribution in [2.75, 3.05) is 12.3 Å². The van der Waals surface area contributed by atoms with E-state index in [1.54, 1.807) is 11.3 Å². The molecule has 2 rings (SSSR count). The zero-order chi connectivity index (χ0) is 10.5. The number of nitrogens with one attached hydrogen (secondary N) is 1. The smallest absolute Gasteiger partial charge is 0.0300 e. The van der Waals surface area contributed by atoms with Crippen molar-refractivity contribution >= 4 is 23.1 Å². The summed E-state index contributed by atoms with van der Waals surface area (Å²) >= 11 is 3.93. The summed E-state index contributed by atoms with van der Waals surface area (Å²) in [6.45, 7) is 3.43. The molecule has 1 aromatic rings. The molecule has 1 aliphatic rings. The van der Waals surface area contributed by atoms with Gasteiger partial charge in [-0.05, 0) is 47.9 Å². The Morgan fingerprint density at radius 1 is 1.53 bits per heavy atom. The third-order valence-electron chi connectivity index (χ3n) is 2.97. The van der Waals surface area contributed by atoms with Gasteiger partial charge < -0.3 is 5.32 Å². The molecular weight excluding hydrogens is 222 g/mol. The molecule has 0 aliphatic carbocycles. The molecule has 0 amide bonds. The van der Waals surface area contributed by atoms with Crippen LogP contribution >= 0.6 is 23.1 Å². The summed E-state index contributed by atoms with van der Waals surface area (Å²) < 4.78 is 0. The summed E-state index contributed by atoms with van der Waals surface area (Å²) in [5, 5.41) is 8.88. The van der Waals surface area contributed by atoms with Crippen molar-refractivity contribution in [3.63, 3.8) is 0 Å². The van der Waals surface area contributed by atoms with Gasteiger partial charge in [-0.2, -0.15) is 23.1 Å². The highest BCUT2D eigenvalue weighted by atomic mass is 32.2. The first-order valence-electron chi connectivity index (χ1n) is 5.73. The normalized spacial score (nSPS) is 23.9. The fourth-order valence-corrected chi connectivity index (χ4v) is 3.92. The minimum absolute atomic E-state index is 0.513. The second kappa shape index (κ2) is 5.92. The van der Waals surface area contributed by atoms with E-state index in [-0.39, 0.29) is 0 Å². The van der Waals surface area contributed by atoms with Crippen LogP contribution < -0.4 is 5.32 Å². The zero-order valence-electron chi connectivity index (χ0n) is 9.24. The minimum atomic E-state index is 0.513. The lowest BCUT2D eigenvalue weighted by molar-refractivity contribution is 0.539. The average Bonchev–Trinajstić information content (AvgIpc) is 2.81. The monoisotopic (exact) mass is 241 g/mol. The van der Waals surface area contributed by atoms with Gasteiger partial charge in [-0.3, -0.25) is 0 Å². The van der Waals surface area contributed by atoms with Crippen LogP contribution in [0.3, 0.4) is 0 Å². The molecule has 1 nitrogen and oxygen atoms in total. The van der Waals surface area contributed by atoms with E-state index in [0.717, 1.165) is 5.25 Å². The van der Waals surface area contributed by atoms with E-state index >= 15 is 0 Å². The Morgan fingerprint density at radius 3 is 3.13 bits per heavy atom. The van der Waals surface area contributed by atoms with Crippen LogP contribution in [0.2, 0.25) is 0 Å². The third-order valence-corrected chi connectivity index (χ3v) is 5.07. The van der Waals surface area contributed by atoms with Crippen LogP contribution in [0.5, 0.6) is 0 Å². The Hall–Kier alpha value is 0.01000. The molecule has 1 aliphatic heterocycles. The first-order valence-corrected chi connectivity index (χ1v) is 7.72. The van der Waals surface area contributed by atoms with Crippen LogP contribution in [0.15, 0.2) is 16.8 Å². The van der Waals surface area contributed by atoms with Gasteiger partial charge in [0.1, 0.15) is 0 Å². The summed E-state index contributed by atoms with van der Waals surface area (Å²) in [4.78, 5) is 0. The maximum Gasteiger partial charge on any atom is 0.0300 e. The molecule has 2 heterocycles. The Bertz CT molecular complexity index is 265. The van der Waals surface area contributed by atoms with E-state index in [0.29, 0.717) is 6.04 Å². The van der Waals surface area contributed by atoms with Crippen molar-refractivity contribution in [2.45, 2.75) is 37.5 Å². The van der Waals surface area contributed by atoms with Crippen LogP contribution in [0.25, 0.3) is 0 Å². The zero-order valence-corrected chi connectivity index (χ0v) is 10.9. The van der Waals surface area contributed by atoms with Crippen LogP contribution in [-0.4, -0.2) is 17.5 Å². The van der Waals surface area contributed by atoms with E-state index in [4.69, 9.17) is 0 Å². The van der Waals surface area contributed by atoms with Crippen molar-refractivity contribution in [1.82, 2.24) is 5.32 Å². The van der Waals surface area contributed by atoms with E-state index < -0.39 is 0 Å². The maximum atomic E-state index is 3.64. The molecule has 0 bridgehead atoms. The van der Waals surface area contributed by atoms with E-state index in [1.807, 2.05) is 0 Å². The lowest BCUT2D eigenvalue weighted by Gasteiger charge is -2.23. The Morgan fingerprint density at radius 2 is 2.47 bits per heavy atom. The highest BCUT2D eigenvalue weighted by Gasteiger charge is 2.14. The van der Waals surface area contributed by atoms with Gasteiger partial charge in [0.15, 0.2) is 0 Å². The van der Waals surface area contributed by atoms with Gasteiger partial charge in [0.2, 0.25) is 0 Å². The van der Waals surface area contributed by atoms with Gasteiger partial charge in [0.05, 0.1) is 0 Å². The van der Waals surface area contributed by atoms with Gasteiger partial charge in [-0.15, -0.1) is 0 Å². The minimum Gasteiger partial charge on any atom is -0.309 e. The number of thioether (sulfide) groups is 1. The molecule has 1 saturated heterocycles. The van der Waals surface area contributed by atoms with Crippen LogP contribution in [0, 0.1) is 0 Å². The SMILES string of the molecule is CC(NCC1CCCCS1)c1ccsc1. The molecule has 2 atom stereocenters. The molecule has 1 fully saturated rings. The molecule has 2 unspecified atom stereocenters. The Labute approximate surface area is 101 Å². The molecule has 84 valence electrons. The second-order valence-electron chi connectivity index (χ2n) is 4.18.